The molecular weight excluding hydrogens is 254 g/mol. The van der Waals surface area contributed by atoms with Gasteiger partial charge >= 0.3 is 0 Å². The number of ether oxygens (including phenoxy) is 3. The van der Waals surface area contributed by atoms with Gasteiger partial charge in [-0.2, -0.15) is 0 Å². The molecule has 1 aromatic rings. The molecule has 20 heavy (non-hydrogen) atoms. The summed E-state index contributed by atoms with van der Waals surface area (Å²) in [7, 11) is 1.67. The molecule has 1 aliphatic rings. The van der Waals surface area contributed by atoms with Crippen LogP contribution < -0.4 is 15.2 Å². The second-order valence-electron chi connectivity index (χ2n) is 5.31. The summed E-state index contributed by atoms with van der Waals surface area (Å²) in [5.74, 6) is 1.56. The van der Waals surface area contributed by atoms with Gasteiger partial charge in [-0.05, 0) is 43.4 Å². The molecule has 0 spiro atoms. The van der Waals surface area contributed by atoms with E-state index < -0.39 is 0 Å². The first-order chi connectivity index (χ1) is 9.72. The van der Waals surface area contributed by atoms with E-state index in [9.17, 15) is 0 Å². The maximum absolute atomic E-state index is 6.00. The topological polar surface area (TPSA) is 53.7 Å². The van der Waals surface area contributed by atoms with Gasteiger partial charge in [0.1, 0.15) is 6.10 Å². The molecule has 1 saturated heterocycles. The SMILES string of the molecule is CCC(N)Cc1ccc(OC2CCCOC2)c(OC)c1. The zero-order valence-corrected chi connectivity index (χ0v) is 12.4. The van der Waals surface area contributed by atoms with E-state index in [0.29, 0.717) is 6.61 Å². The maximum atomic E-state index is 6.00. The van der Waals surface area contributed by atoms with Gasteiger partial charge in [-0.15, -0.1) is 0 Å². The average molecular weight is 279 g/mol. The van der Waals surface area contributed by atoms with Crippen molar-refractivity contribution in [2.45, 2.75) is 44.8 Å². The molecule has 0 bridgehead atoms. The van der Waals surface area contributed by atoms with Crippen molar-refractivity contribution in [3.05, 3.63) is 23.8 Å². The molecular formula is C16H25NO3. The lowest BCUT2D eigenvalue weighted by Crippen LogP contribution is -2.28. The second-order valence-corrected chi connectivity index (χ2v) is 5.31. The molecule has 1 heterocycles. The third kappa shape index (κ3) is 4.12. The van der Waals surface area contributed by atoms with Crippen LogP contribution in [-0.4, -0.2) is 32.5 Å². The zero-order valence-electron chi connectivity index (χ0n) is 12.4. The summed E-state index contributed by atoms with van der Waals surface area (Å²) in [6, 6.07) is 6.26. The highest BCUT2D eigenvalue weighted by atomic mass is 16.5. The Morgan fingerprint density at radius 2 is 2.25 bits per heavy atom. The second kappa shape index (κ2) is 7.50. The minimum absolute atomic E-state index is 0.126. The summed E-state index contributed by atoms with van der Waals surface area (Å²) in [4.78, 5) is 0. The number of rotatable bonds is 6. The van der Waals surface area contributed by atoms with Crippen LogP contribution in [-0.2, 0) is 11.2 Å². The highest BCUT2D eigenvalue weighted by molar-refractivity contribution is 5.43. The van der Waals surface area contributed by atoms with Crippen LogP contribution in [0, 0.1) is 0 Å². The Hall–Kier alpha value is -1.26. The van der Waals surface area contributed by atoms with E-state index in [-0.39, 0.29) is 12.1 Å². The third-order valence-electron chi connectivity index (χ3n) is 3.66. The smallest absolute Gasteiger partial charge is 0.161 e. The first-order valence-corrected chi connectivity index (χ1v) is 7.39. The summed E-state index contributed by atoms with van der Waals surface area (Å²) in [5.41, 5.74) is 7.18. The molecule has 4 heteroatoms. The summed E-state index contributed by atoms with van der Waals surface area (Å²) in [5, 5.41) is 0. The number of benzene rings is 1. The Morgan fingerprint density at radius 3 is 2.90 bits per heavy atom. The Bertz CT molecular complexity index is 416. The number of hydrogen-bond acceptors (Lipinski definition) is 4. The predicted octanol–water partition coefficient (Wildman–Crippen LogP) is 2.53. The third-order valence-corrected chi connectivity index (χ3v) is 3.66. The van der Waals surface area contributed by atoms with E-state index >= 15 is 0 Å². The maximum Gasteiger partial charge on any atom is 0.161 e. The molecule has 2 unspecified atom stereocenters. The highest BCUT2D eigenvalue weighted by Gasteiger charge is 2.17. The van der Waals surface area contributed by atoms with Gasteiger partial charge in [0.25, 0.3) is 0 Å². The van der Waals surface area contributed by atoms with Crippen molar-refractivity contribution in [3.63, 3.8) is 0 Å². The molecule has 2 rings (SSSR count). The van der Waals surface area contributed by atoms with E-state index in [1.807, 2.05) is 12.1 Å². The molecule has 1 fully saturated rings. The fourth-order valence-electron chi connectivity index (χ4n) is 2.37. The first-order valence-electron chi connectivity index (χ1n) is 7.39. The lowest BCUT2D eigenvalue weighted by atomic mass is 10.0. The van der Waals surface area contributed by atoms with E-state index in [1.165, 1.54) is 5.56 Å². The van der Waals surface area contributed by atoms with Crippen LogP contribution in [0.3, 0.4) is 0 Å². The summed E-state index contributed by atoms with van der Waals surface area (Å²) in [6.07, 6.45) is 4.04. The van der Waals surface area contributed by atoms with Gasteiger partial charge < -0.3 is 19.9 Å². The zero-order chi connectivity index (χ0) is 14.4. The van der Waals surface area contributed by atoms with E-state index in [2.05, 4.69) is 13.0 Å². The lowest BCUT2D eigenvalue weighted by molar-refractivity contribution is 0.00643. The van der Waals surface area contributed by atoms with Crippen LogP contribution in [0.1, 0.15) is 31.7 Å². The largest absolute Gasteiger partial charge is 0.493 e. The van der Waals surface area contributed by atoms with Gasteiger partial charge in [0, 0.05) is 12.6 Å². The van der Waals surface area contributed by atoms with Gasteiger partial charge in [-0.1, -0.05) is 13.0 Å². The minimum Gasteiger partial charge on any atom is -0.493 e. The van der Waals surface area contributed by atoms with Crippen LogP contribution in [0.4, 0.5) is 0 Å². The molecule has 1 aliphatic heterocycles. The molecule has 0 aliphatic carbocycles. The van der Waals surface area contributed by atoms with E-state index in [0.717, 1.165) is 43.8 Å². The number of hydrogen-bond donors (Lipinski definition) is 1. The summed E-state index contributed by atoms with van der Waals surface area (Å²) < 4.78 is 16.9. The van der Waals surface area contributed by atoms with Crippen molar-refractivity contribution in [2.75, 3.05) is 20.3 Å². The minimum atomic E-state index is 0.126. The van der Waals surface area contributed by atoms with Crippen LogP contribution in [0.5, 0.6) is 11.5 Å². The fraction of sp³-hybridized carbons (Fsp3) is 0.625. The van der Waals surface area contributed by atoms with Gasteiger partial charge in [-0.3, -0.25) is 0 Å². The van der Waals surface area contributed by atoms with Crippen LogP contribution >= 0.6 is 0 Å². The molecule has 112 valence electrons. The van der Waals surface area contributed by atoms with Gasteiger partial charge in [0.15, 0.2) is 11.5 Å². The molecule has 4 nitrogen and oxygen atoms in total. The summed E-state index contributed by atoms with van der Waals surface area (Å²) in [6.45, 7) is 3.60. The lowest BCUT2D eigenvalue weighted by Gasteiger charge is -2.24. The standard InChI is InChI=1S/C16H25NO3/c1-3-13(17)9-12-6-7-15(16(10-12)18-2)20-14-5-4-8-19-11-14/h6-7,10,13-14H,3-5,8-9,11,17H2,1-2H3. The van der Waals surface area contributed by atoms with Gasteiger partial charge in [-0.25, -0.2) is 0 Å². The average Bonchev–Trinajstić information content (AvgIpc) is 2.49. The van der Waals surface area contributed by atoms with Crippen LogP contribution in [0.25, 0.3) is 0 Å². The summed E-state index contributed by atoms with van der Waals surface area (Å²) >= 11 is 0. The molecule has 0 saturated carbocycles. The molecule has 0 aromatic heterocycles. The Balaban J connectivity index is 2.04. The number of methoxy groups -OCH3 is 1. The van der Waals surface area contributed by atoms with Crippen molar-refractivity contribution >= 4 is 0 Å². The molecule has 2 atom stereocenters. The Morgan fingerprint density at radius 1 is 1.40 bits per heavy atom. The predicted molar refractivity (Wildman–Crippen MR) is 79.4 cm³/mol. The van der Waals surface area contributed by atoms with Gasteiger partial charge in [0.05, 0.1) is 13.7 Å². The van der Waals surface area contributed by atoms with E-state index in [4.69, 9.17) is 19.9 Å². The van der Waals surface area contributed by atoms with Crippen molar-refractivity contribution in [1.29, 1.82) is 0 Å². The fourth-order valence-corrected chi connectivity index (χ4v) is 2.37. The molecule has 0 radical (unpaired) electrons. The molecule has 0 amide bonds. The molecule has 1 aromatic carbocycles. The Labute approximate surface area is 121 Å². The van der Waals surface area contributed by atoms with Crippen LogP contribution in [0.15, 0.2) is 18.2 Å². The van der Waals surface area contributed by atoms with Crippen LogP contribution in [0.2, 0.25) is 0 Å². The monoisotopic (exact) mass is 279 g/mol. The van der Waals surface area contributed by atoms with Crippen molar-refractivity contribution in [1.82, 2.24) is 0 Å². The van der Waals surface area contributed by atoms with E-state index in [1.54, 1.807) is 7.11 Å². The van der Waals surface area contributed by atoms with Crippen molar-refractivity contribution in [3.8, 4) is 11.5 Å². The first kappa shape index (κ1) is 15.1. The quantitative estimate of drug-likeness (QED) is 0.869. The normalized spacial score (nSPS) is 20.4. The van der Waals surface area contributed by atoms with Crippen molar-refractivity contribution < 1.29 is 14.2 Å². The molecule has 2 N–H and O–H groups in total. The van der Waals surface area contributed by atoms with Gasteiger partial charge in [0.2, 0.25) is 0 Å². The number of nitrogens with two attached hydrogens (primary N) is 1. The highest BCUT2D eigenvalue weighted by Crippen LogP contribution is 2.30. The Kier molecular flexibility index (Phi) is 5.68. The van der Waals surface area contributed by atoms with Crippen molar-refractivity contribution in [2.24, 2.45) is 5.73 Å².